The molecule has 0 spiro atoms. The zero-order valence-electron chi connectivity index (χ0n) is 64.2. The number of carboxylic acid groups (broad SMARTS) is 6. The van der Waals surface area contributed by atoms with Crippen LogP contribution in [-0.4, -0.2) is 84.3 Å². The van der Waals surface area contributed by atoms with E-state index in [2.05, 4.69) is 17.4 Å². The van der Waals surface area contributed by atoms with Crippen molar-refractivity contribution in [1.82, 2.24) is 0 Å². The minimum Gasteiger partial charge on any atom is -0.481 e. The largest absolute Gasteiger partial charge is 0.481 e. The van der Waals surface area contributed by atoms with Gasteiger partial charge in [-0.1, -0.05) is 242 Å². The van der Waals surface area contributed by atoms with E-state index in [1.165, 1.54) is 23.1 Å². The van der Waals surface area contributed by atoms with E-state index in [-0.39, 0.29) is 43.1 Å². The normalized spacial score (nSPS) is 12.0. The summed E-state index contributed by atoms with van der Waals surface area (Å²) in [5.74, 6) is -6.91. The van der Waals surface area contributed by atoms with Crippen LogP contribution in [0.25, 0.3) is 39.5 Å². The van der Waals surface area contributed by atoms with E-state index in [4.69, 9.17) is 53.5 Å². The van der Waals surface area contributed by atoms with E-state index in [1.54, 1.807) is 166 Å². The van der Waals surface area contributed by atoms with E-state index in [0.29, 0.717) is 77.3 Å². The number of hydrogen-bond donors (Lipinski definition) is 7. The van der Waals surface area contributed by atoms with Gasteiger partial charge in [0.05, 0.1) is 52.7 Å². The summed E-state index contributed by atoms with van der Waals surface area (Å²) >= 11 is 13.8. The fourth-order valence-electron chi connectivity index (χ4n) is 11.8. The molecule has 12 aromatic carbocycles. The number of rotatable bonds is 24. The minimum atomic E-state index is -0.957. The Morgan fingerprint density at radius 2 is 0.923 bits per heavy atom. The smallest absolute Gasteiger partial charge is 0.310 e. The number of ether oxygens (including phenoxy) is 1. The highest BCUT2D eigenvalue weighted by Crippen LogP contribution is 2.44. The molecule has 0 aliphatic heterocycles. The summed E-state index contributed by atoms with van der Waals surface area (Å²) in [5, 5.41) is 57.5. The molecule has 1 aliphatic rings. The maximum atomic E-state index is 14.0. The van der Waals surface area contributed by atoms with E-state index in [1.807, 2.05) is 153 Å². The molecule has 0 heterocycles. The summed E-state index contributed by atoms with van der Waals surface area (Å²) < 4.78 is 33.3. The van der Waals surface area contributed by atoms with E-state index < -0.39 is 59.4 Å². The van der Waals surface area contributed by atoms with E-state index in [0.717, 1.165) is 50.3 Å². The first-order chi connectivity index (χ1) is 56.1. The molecule has 0 saturated heterocycles. The number of benzene rings is 12. The summed E-state index contributed by atoms with van der Waals surface area (Å²) in [7, 11) is 0. The van der Waals surface area contributed by atoms with Crippen LogP contribution in [0, 0.1) is 11.6 Å². The van der Waals surface area contributed by atoms with Gasteiger partial charge < -0.3 is 40.7 Å². The highest BCUT2D eigenvalue weighted by molar-refractivity contribution is 7.98. The van der Waals surface area contributed by atoms with Gasteiger partial charge in [0.1, 0.15) is 23.1 Å². The summed E-state index contributed by atoms with van der Waals surface area (Å²) in [6.07, 6.45) is 3.81. The monoisotopic (exact) mass is 1630 g/mol. The number of nitrogens with one attached hydrogen (secondary N) is 1. The van der Waals surface area contributed by atoms with Crippen molar-refractivity contribution in [2.75, 3.05) is 11.6 Å². The Kier molecular flexibility index (Phi) is 33.8. The van der Waals surface area contributed by atoms with Gasteiger partial charge in [0.15, 0.2) is 11.6 Å². The van der Waals surface area contributed by atoms with Gasteiger partial charge in [-0.3, -0.25) is 38.4 Å². The number of para-hydroxylation sites is 3. The Morgan fingerprint density at radius 3 is 1.48 bits per heavy atom. The van der Waals surface area contributed by atoms with Gasteiger partial charge in [-0.05, 0) is 191 Å². The third-order valence-corrected chi connectivity index (χ3v) is 19.8. The molecule has 21 heteroatoms. The maximum absolute atomic E-state index is 14.0. The summed E-state index contributed by atoms with van der Waals surface area (Å²) in [4.78, 5) is 90.3. The molecule has 0 bridgehead atoms. The number of hydrogen-bond acceptors (Lipinski definition) is 11. The average Bonchev–Trinajstić information content (AvgIpc) is 1.62. The molecule has 1 aliphatic carbocycles. The van der Waals surface area contributed by atoms with Crippen molar-refractivity contribution in [1.29, 1.82) is 0 Å². The molecular weight excluding hydrogens is 1550 g/mol. The van der Waals surface area contributed by atoms with Crippen molar-refractivity contribution < 1.29 is 82.5 Å². The molecule has 0 saturated carbocycles. The lowest BCUT2D eigenvalue weighted by Gasteiger charge is -2.13. The number of ketones is 2. The number of Topliss-reactive ketones (excluding diaryl/α,β-unsaturated/α-hetero) is 1. The molecule has 0 amide bonds. The Bertz CT molecular complexity index is 5500. The molecule has 12 aromatic rings. The van der Waals surface area contributed by atoms with Crippen LogP contribution in [0.5, 0.6) is 11.5 Å². The molecule has 117 heavy (non-hydrogen) atoms. The van der Waals surface area contributed by atoms with Gasteiger partial charge in [-0.2, -0.15) is 0 Å². The number of thioether (sulfide) groups is 1. The molecule has 0 aromatic heterocycles. The number of aliphatic carboxylic acids is 6. The Morgan fingerprint density at radius 1 is 0.436 bits per heavy atom. The highest BCUT2D eigenvalue weighted by atomic mass is 35.5. The zero-order valence-corrected chi connectivity index (χ0v) is 66.5. The molecule has 16 nitrogen and oxygen atoms in total. The molecule has 7 N–H and O–H groups in total. The highest BCUT2D eigenvalue weighted by Gasteiger charge is 2.26. The predicted molar refractivity (Wildman–Crippen MR) is 457 cm³/mol. The van der Waals surface area contributed by atoms with Crippen LogP contribution < -0.4 is 10.1 Å². The Labute approximate surface area is 690 Å². The second kappa shape index (κ2) is 44.4. The molecule has 3 atom stereocenters. The van der Waals surface area contributed by atoms with Crippen LogP contribution in [0.2, 0.25) is 10.0 Å². The second-order valence-corrected chi connectivity index (χ2v) is 28.2. The lowest BCUT2D eigenvalue weighted by molar-refractivity contribution is -0.139. The summed E-state index contributed by atoms with van der Waals surface area (Å²) in [6, 6.07) is 88.2. The zero-order chi connectivity index (χ0) is 84.7. The number of fused-ring (bicyclic) bond motifs is 1. The number of carboxylic acids is 6. The molecule has 0 radical (unpaired) electrons. The summed E-state index contributed by atoms with van der Waals surface area (Å²) in [6.45, 7) is 6.70. The minimum absolute atomic E-state index is 0.0417. The van der Waals surface area contributed by atoms with Crippen LogP contribution >= 0.6 is 35.0 Å². The van der Waals surface area contributed by atoms with Crippen molar-refractivity contribution in [3.63, 3.8) is 0 Å². The lowest BCUT2D eigenvalue weighted by Crippen LogP contribution is -2.09. The van der Waals surface area contributed by atoms with Crippen molar-refractivity contribution in [3.05, 3.63) is 380 Å². The molecule has 0 fully saturated rings. The number of carbonyl (C=O) groups is 8. The van der Waals surface area contributed by atoms with Crippen molar-refractivity contribution in [3.8, 4) is 33.8 Å². The van der Waals surface area contributed by atoms with Gasteiger partial charge in [-0.25, -0.2) is 8.78 Å². The van der Waals surface area contributed by atoms with Crippen molar-refractivity contribution in [2.45, 2.75) is 76.0 Å². The fraction of sp³-hybridized carbons (Fsp3) is 0.125. The van der Waals surface area contributed by atoms with Crippen LogP contribution in [0.4, 0.5) is 20.2 Å². The third kappa shape index (κ3) is 26.9. The first-order valence-electron chi connectivity index (χ1n) is 36.6. The van der Waals surface area contributed by atoms with Crippen LogP contribution in [0.3, 0.4) is 0 Å². The summed E-state index contributed by atoms with van der Waals surface area (Å²) in [5.41, 5.74) is 14.0. The first-order valence-corrected chi connectivity index (χ1v) is 38.6. The van der Waals surface area contributed by atoms with Crippen molar-refractivity contribution >= 4 is 111 Å². The third-order valence-electron chi connectivity index (χ3n) is 18.4. The SMILES string of the molecule is CC(C(=O)O)c1ccc(-c2ccccc2)c(F)c1.CC(C(=O)O)c1cccc(C(=O)c2ccccc2)c1.CC(C(=O)O)c1cccc(Oc2ccccc2)c1.CSc1ccc(/C=C2/C(C)=C(CC(=O)O)c3cc(F)ccc32)cc1.O=C(O)CCC(=O)c1ccc(-c2ccccc2)cc1.O=C(O)Cc1ccccc1Nc1c(Cl)cccc1Cl. The number of carbonyl (C=O) groups excluding carboxylic acids is 2. The van der Waals surface area contributed by atoms with Gasteiger partial charge in [0.25, 0.3) is 0 Å². The van der Waals surface area contributed by atoms with E-state index in [9.17, 15) is 52.2 Å². The number of allylic oxidation sites excluding steroid dienone is 2. The van der Waals surface area contributed by atoms with Crippen molar-refractivity contribution in [2.24, 2.45) is 0 Å². The maximum Gasteiger partial charge on any atom is 0.310 e. The Hall–Kier alpha value is -13.3. The molecule has 596 valence electrons. The van der Waals surface area contributed by atoms with E-state index >= 15 is 0 Å². The van der Waals surface area contributed by atoms with Crippen LogP contribution in [-0.2, 0) is 35.2 Å². The number of anilines is 2. The van der Waals surface area contributed by atoms with Crippen LogP contribution in [0.1, 0.15) is 130 Å². The predicted octanol–water partition coefficient (Wildman–Crippen LogP) is 23.6. The quantitative estimate of drug-likeness (QED) is 0.0219. The standard InChI is InChI=1S/C20H17FO2S.2C16H14O3.C15H13FO2.C15H14O3.C14H11Cl2NO2/c1-12-17(9-13-3-6-15(24-2)7-4-13)16-8-5-14(21)10-19(16)18(12)11-20(22)23;1-11(16(18)19)13-8-5-9-14(10-13)15(17)12-6-3-2-4-7-12;17-15(10-11-16(18)19)14-8-6-13(7-9-14)12-4-2-1-3-5-12;1-10(15(17)18)12-7-8-13(14(16)9-12)11-5-3-2-4-6-11;1-11(15(16)17)12-6-5-9-14(10-12)18-13-7-3-2-4-8-13;15-10-5-3-6-11(16)14(10)17-12-7-2-1-4-9(12)8-13(18)19/h3-10H,11H2,1-2H3,(H,22,23);2-11H,1H3,(H,18,19);1-9H,10-11H2,(H,18,19);2-10H,1H3,(H,17,18);2-11H,1H3,(H,16,17);1-7,17H,8H2,(H,18,19)/b17-9-;;;;;. The lowest BCUT2D eigenvalue weighted by atomic mass is 9.96. The average molecular weight is 1630 g/mol. The molecule has 3 unspecified atom stereocenters. The van der Waals surface area contributed by atoms with Crippen LogP contribution in [0.15, 0.2) is 308 Å². The first kappa shape index (κ1) is 89.2. The van der Waals surface area contributed by atoms with Gasteiger partial charge in [0, 0.05) is 39.3 Å². The second-order valence-electron chi connectivity index (χ2n) is 26.5. The fourth-order valence-corrected chi connectivity index (χ4v) is 12.7. The Balaban J connectivity index is 0.000000176. The molecular formula is C96H83Cl2F2NO15S. The topological polar surface area (TPSA) is 279 Å². The van der Waals surface area contributed by atoms with Gasteiger partial charge >= 0.3 is 35.8 Å². The van der Waals surface area contributed by atoms with Gasteiger partial charge in [0.2, 0.25) is 0 Å². The number of halogens is 4. The molecule has 13 rings (SSSR count). The van der Waals surface area contributed by atoms with Gasteiger partial charge in [-0.15, -0.1) is 11.8 Å².